The summed E-state index contributed by atoms with van der Waals surface area (Å²) in [6.45, 7) is 12.6. The van der Waals surface area contributed by atoms with Gasteiger partial charge in [0, 0.05) is 6.54 Å². The zero-order chi connectivity index (χ0) is 21.6. The first kappa shape index (κ1) is 22.5. The van der Waals surface area contributed by atoms with Gasteiger partial charge in [-0.05, 0) is 30.0 Å². The summed E-state index contributed by atoms with van der Waals surface area (Å²) in [5, 5.41) is 10.3. The van der Waals surface area contributed by atoms with E-state index in [1.54, 1.807) is 13.0 Å². The number of amides is 3. The van der Waals surface area contributed by atoms with Crippen molar-refractivity contribution in [2.45, 2.75) is 56.7 Å². The number of ether oxygens (including phenoxy) is 1. The average molecular weight is 418 g/mol. The van der Waals surface area contributed by atoms with Crippen LogP contribution >= 0.6 is 11.8 Å². The van der Waals surface area contributed by atoms with Crippen LogP contribution in [0.3, 0.4) is 0 Å². The largest absolute Gasteiger partial charge is 0.486 e. The number of carbonyl (C=O) groups excluding carboxylic acids is 2. The Hall–Kier alpha value is -2.81. The maximum Gasteiger partial charge on any atom is 0.318 e. The number of hydrogen-bond donors (Lipinski definition) is 2. The lowest BCUT2D eigenvalue weighted by molar-refractivity contribution is -0.119. The predicted molar refractivity (Wildman–Crippen MR) is 113 cm³/mol. The van der Waals surface area contributed by atoms with Crippen LogP contribution in [0.25, 0.3) is 0 Å². The molecule has 8 nitrogen and oxygen atoms in total. The molecule has 1 unspecified atom stereocenters. The number of thioether (sulfide) groups is 1. The summed E-state index contributed by atoms with van der Waals surface area (Å²) in [5.41, 5.74) is 6.29. The Bertz CT molecular complexity index is 871. The number of nitrogens with zero attached hydrogens (tertiary/aromatic N) is 3. The van der Waals surface area contributed by atoms with Crippen LogP contribution in [0.1, 0.15) is 39.1 Å². The molecule has 0 radical (unpaired) electrons. The molecule has 1 aromatic carbocycles. The predicted octanol–water partition coefficient (Wildman–Crippen LogP) is 3.02. The van der Waals surface area contributed by atoms with Crippen molar-refractivity contribution < 1.29 is 14.3 Å². The molecule has 1 heterocycles. The molecule has 29 heavy (non-hydrogen) atoms. The summed E-state index contributed by atoms with van der Waals surface area (Å²) in [6, 6.07) is 7.07. The van der Waals surface area contributed by atoms with Crippen molar-refractivity contribution in [3.63, 3.8) is 0 Å². The molecule has 0 aliphatic carbocycles. The lowest BCUT2D eigenvalue weighted by atomic mass is 9.87. The molecule has 0 aliphatic rings. The average Bonchev–Trinajstić information content (AvgIpc) is 3.01. The van der Waals surface area contributed by atoms with E-state index in [1.807, 2.05) is 28.8 Å². The SMILES string of the molecule is C=CCn1c(COc2ccc(C(C)(C)C)cc2)nnc1SC(C)C(=O)NC(N)=O. The molecule has 1 atom stereocenters. The van der Waals surface area contributed by atoms with Crippen LogP contribution < -0.4 is 15.8 Å². The minimum absolute atomic E-state index is 0.0757. The van der Waals surface area contributed by atoms with E-state index in [-0.39, 0.29) is 12.0 Å². The number of imide groups is 1. The molecule has 3 N–H and O–H groups in total. The Balaban J connectivity index is 2.08. The van der Waals surface area contributed by atoms with Gasteiger partial charge in [-0.3, -0.25) is 14.7 Å². The summed E-state index contributed by atoms with van der Waals surface area (Å²) in [6.07, 6.45) is 1.71. The topological polar surface area (TPSA) is 112 Å². The first-order chi connectivity index (χ1) is 13.6. The van der Waals surface area contributed by atoms with Crippen molar-refractivity contribution in [2.75, 3.05) is 0 Å². The number of nitrogens with one attached hydrogen (secondary N) is 1. The molecule has 3 amide bonds. The van der Waals surface area contributed by atoms with E-state index < -0.39 is 17.2 Å². The number of urea groups is 1. The van der Waals surface area contributed by atoms with Gasteiger partial charge in [-0.15, -0.1) is 16.8 Å². The zero-order valence-corrected chi connectivity index (χ0v) is 18.0. The lowest BCUT2D eigenvalue weighted by Gasteiger charge is -2.19. The van der Waals surface area contributed by atoms with E-state index in [2.05, 4.69) is 42.9 Å². The van der Waals surface area contributed by atoms with Gasteiger partial charge in [0.05, 0.1) is 5.25 Å². The second-order valence-electron chi connectivity index (χ2n) is 7.47. The molecule has 9 heteroatoms. The maximum atomic E-state index is 11.9. The van der Waals surface area contributed by atoms with Crippen LogP contribution in [0.5, 0.6) is 5.75 Å². The lowest BCUT2D eigenvalue weighted by Crippen LogP contribution is -2.39. The smallest absolute Gasteiger partial charge is 0.318 e. The Morgan fingerprint density at radius 3 is 2.52 bits per heavy atom. The molecule has 2 rings (SSSR count). The Morgan fingerprint density at radius 2 is 1.97 bits per heavy atom. The summed E-state index contributed by atoms with van der Waals surface area (Å²) in [4.78, 5) is 22.8. The number of allylic oxidation sites excluding steroid dienone is 1. The number of hydrogen-bond acceptors (Lipinski definition) is 6. The van der Waals surface area contributed by atoms with Crippen molar-refractivity contribution in [3.05, 3.63) is 48.3 Å². The highest BCUT2D eigenvalue weighted by molar-refractivity contribution is 8.00. The molecular formula is C20H27N5O3S. The second-order valence-corrected chi connectivity index (χ2v) is 8.78. The maximum absolute atomic E-state index is 11.9. The van der Waals surface area contributed by atoms with Crippen LogP contribution in [-0.4, -0.2) is 32.0 Å². The third-order valence-electron chi connectivity index (χ3n) is 4.09. The summed E-state index contributed by atoms with van der Waals surface area (Å²) in [7, 11) is 0. The van der Waals surface area contributed by atoms with E-state index >= 15 is 0 Å². The summed E-state index contributed by atoms with van der Waals surface area (Å²) < 4.78 is 7.67. The summed E-state index contributed by atoms with van der Waals surface area (Å²) in [5.74, 6) is 0.844. The number of nitrogens with two attached hydrogens (primary N) is 1. The number of carbonyl (C=O) groups is 2. The molecule has 0 saturated heterocycles. The van der Waals surface area contributed by atoms with Crippen molar-refractivity contribution in [2.24, 2.45) is 5.73 Å². The molecule has 1 aromatic heterocycles. The number of rotatable bonds is 8. The molecule has 156 valence electrons. The highest BCUT2D eigenvalue weighted by Gasteiger charge is 2.21. The van der Waals surface area contributed by atoms with Gasteiger partial charge < -0.3 is 10.5 Å². The minimum Gasteiger partial charge on any atom is -0.486 e. The molecular weight excluding hydrogens is 390 g/mol. The van der Waals surface area contributed by atoms with Crippen LogP contribution in [-0.2, 0) is 23.4 Å². The van der Waals surface area contributed by atoms with Crippen molar-refractivity contribution in [1.82, 2.24) is 20.1 Å². The van der Waals surface area contributed by atoms with Crippen LogP contribution in [0, 0.1) is 0 Å². The van der Waals surface area contributed by atoms with E-state index in [9.17, 15) is 9.59 Å². The fourth-order valence-electron chi connectivity index (χ4n) is 2.46. The van der Waals surface area contributed by atoms with Gasteiger partial charge >= 0.3 is 6.03 Å². The third-order valence-corrected chi connectivity index (χ3v) is 5.17. The molecule has 0 aliphatic heterocycles. The van der Waals surface area contributed by atoms with Crippen molar-refractivity contribution in [3.8, 4) is 5.75 Å². The quantitative estimate of drug-likeness (QED) is 0.504. The highest BCUT2D eigenvalue weighted by atomic mass is 32.2. The fourth-order valence-corrected chi connectivity index (χ4v) is 3.34. The van der Waals surface area contributed by atoms with E-state index in [0.717, 1.165) is 5.75 Å². The fraction of sp³-hybridized carbons (Fsp3) is 0.400. The molecule has 2 aromatic rings. The van der Waals surface area contributed by atoms with Crippen LogP contribution in [0.2, 0.25) is 0 Å². The van der Waals surface area contributed by atoms with Gasteiger partial charge in [-0.2, -0.15) is 0 Å². The van der Waals surface area contributed by atoms with Gasteiger partial charge in [0.25, 0.3) is 0 Å². The third kappa shape index (κ3) is 6.35. The van der Waals surface area contributed by atoms with Gasteiger partial charge in [0.2, 0.25) is 5.91 Å². The minimum atomic E-state index is -0.887. The molecule has 0 fully saturated rings. The van der Waals surface area contributed by atoms with Crippen LogP contribution in [0.15, 0.2) is 42.1 Å². The Morgan fingerprint density at radius 1 is 1.31 bits per heavy atom. The number of benzene rings is 1. The number of primary amides is 1. The Labute approximate surface area is 174 Å². The van der Waals surface area contributed by atoms with Gasteiger partial charge in [0.15, 0.2) is 11.0 Å². The van der Waals surface area contributed by atoms with Gasteiger partial charge in [-0.25, -0.2) is 4.79 Å². The normalized spacial score (nSPS) is 12.3. The van der Waals surface area contributed by atoms with Gasteiger partial charge in [0.1, 0.15) is 12.4 Å². The van der Waals surface area contributed by atoms with Crippen LogP contribution in [0.4, 0.5) is 4.79 Å². The summed E-state index contributed by atoms with van der Waals surface area (Å²) >= 11 is 1.17. The molecule has 0 bridgehead atoms. The van der Waals surface area contributed by atoms with E-state index in [4.69, 9.17) is 10.5 Å². The van der Waals surface area contributed by atoms with Gasteiger partial charge in [-0.1, -0.05) is 50.7 Å². The first-order valence-electron chi connectivity index (χ1n) is 9.15. The zero-order valence-electron chi connectivity index (χ0n) is 17.1. The second kappa shape index (κ2) is 9.60. The first-order valence-corrected chi connectivity index (χ1v) is 10.0. The number of aromatic nitrogens is 3. The van der Waals surface area contributed by atoms with Crippen molar-refractivity contribution in [1.29, 1.82) is 0 Å². The van der Waals surface area contributed by atoms with E-state index in [0.29, 0.717) is 17.5 Å². The standard InChI is InChI=1S/C20H27N5O3S/c1-6-11-25-16(12-28-15-9-7-14(8-10-15)20(3,4)5)23-24-19(25)29-13(2)17(26)22-18(21)27/h6-10,13H,1,11-12H2,2-5H3,(H3,21,22,26,27). The van der Waals surface area contributed by atoms with E-state index in [1.165, 1.54) is 17.3 Å². The molecule has 0 saturated carbocycles. The monoisotopic (exact) mass is 417 g/mol. The van der Waals surface area contributed by atoms with Crippen molar-refractivity contribution >= 4 is 23.7 Å². The molecule has 0 spiro atoms. The highest BCUT2D eigenvalue weighted by Crippen LogP contribution is 2.26. The Kier molecular flexibility index (Phi) is 7.44.